The smallest absolute Gasteiger partial charge is 0.228 e. The summed E-state index contributed by atoms with van der Waals surface area (Å²) in [6.07, 6.45) is 8.24. The molecule has 26 heavy (non-hydrogen) atoms. The van der Waals surface area contributed by atoms with Crippen molar-refractivity contribution in [3.63, 3.8) is 0 Å². The molecule has 2 N–H and O–H groups in total. The molecule has 0 saturated heterocycles. The maximum absolute atomic E-state index is 12.3. The summed E-state index contributed by atoms with van der Waals surface area (Å²) >= 11 is 0. The summed E-state index contributed by atoms with van der Waals surface area (Å²) in [5.41, 5.74) is 2.21. The first-order valence-electron chi connectivity index (χ1n) is 9.38. The van der Waals surface area contributed by atoms with Gasteiger partial charge in [0, 0.05) is 12.5 Å². The van der Waals surface area contributed by atoms with Crippen molar-refractivity contribution in [3.8, 4) is 5.75 Å². The number of pyridine rings is 1. The number of aromatic nitrogens is 1. The lowest BCUT2D eigenvalue weighted by Crippen LogP contribution is -2.25. The van der Waals surface area contributed by atoms with Crippen LogP contribution in [0.15, 0.2) is 42.6 Å². The molecule has 3 rings (SSSR count). The zero-order chi connectivity index (χ0) is 18.2. The van der Waals surface area contributed by atoms with Gasteiger partial charge in [0.25, 0.3) is 0 Å². The molecule has 0 spiro atoms. The molecule has 0 bridgehead atoms. The third-order valence-electron chi connectivity index (χ3n) is 4.89. The molecule has 1 amide bonds. The monoisotopic (exact) mass is 353 g/mol. The van der Waals surface area contributed by atoms with Gasteiger partial charge in [0.1, 0.15) is 11.6 Å². The van der Waals surface area contributed by atoms with Crippen LogP contribution < -0.4 is 15.4 Å². The van der Waals surface area contributed by atoms with Gasteiger partial charge in [-0.05, 0) is 49.1 Å². The largest absolute Gasteiger partial charge is 0.497 e. The maximum Gasteiger partial charge on any atom is 0.228 e. The predicted octanol–water partition coefficient (Wildman–Crippen LogP) is 4.26. The molecule has 138 valence electrons. The van der Waals surface area contributed by atoms with E-state index < -0.39 is 0 Å². The number of carbonyl (C=O) groups excluding carboxylic acids is 1. The van der Waals surface area contributed by atoms with Crippen LogP contribution >= 0.6 is 0 Å². The molecule has 1 aliphatic carbocycles. The van der Waals surface area contributed by atoms with Crippen molar-refractivity contribution in [2.24, 2.45) is 5.92 Å². The van der Waals surface area contributed by atoms with E-state index in [4.69, 9.17) is 4.74 Å². The van der Waals surface area contributed by atoms with Gasteiger partial charge in [-0.2, -0.15) is 0 Å². The van der Waals surface area contributed by atoms with Crippen LogP contribution in [0.5, 0.6) is 5.75 Å². The van der Waals surface area contributed by atoms with E-state index >= 15 is 0 Å². The summed E-state index contributed by atoms with van der Waals surface area (Å²) in [5, 5.41) is 6.30. The third-order valence-corrected chi connectivity index (χ3v) is 4.89. The minimum Gasteiger partial charge on any atom is -0.497 e. The van der Waals surface area contributed by atoms with E-state index in [2.05, 4.69) is 27.8 Å². The van der Waals surface area contributed by atoms with E-state index in [1.165, 1.54) is 12.0 Å². The lowest BCUT2D eigenvalue weighted by Gasteiger charge is -2.20. The Morgan fingerprint density at radius 2 is 1.88 bits per heavy atom. The minimum atomic E-state index is 0.109. The summed E-state index contributed by atoms with van der Waals surface area (Å²) < 4.78 is 5.17. The molecule has 1 aromatic heterocycles. The number of amides is 1. The quantitative estimate of drug-likeness (QED) is 0.780. The third kappa shape index (κ3) is 5.22. The molecule has 0 atom stereocenters. The predicted molar refractivity (Wildman–Crippen MR) is 105 cm³/mol. The number of benzene rings is 1. The number of carbonyl (C=O) groups is 1. The van der Waals surface area contributed by atoms with Crippen LogP contribution in [0.25, 0.3) is 0 Å². The Labute approximate surface area is 155 Å². The van der Waals surface area contributed by atoms with Crippen molar-refractivity contribution < 1.29 is 9.53 Å². The summed E-state index contributed by atoms with van der Waals surface area (Å²) in [7, 11) is 1.67. The van der Waals surface area contributed by atoms with E-state index in [1.54, 1.807) is 13.3 Å². The molecule has 1 saturated carbocycles. The fourth-order valence-electron chi connectivity index (χ4n) is 3.31. The molecular formula is C21H27N3O2. The first-order chi connectivity index (χ1) is 12.7. The van der Waals surface area contributed by atoms with Gasteiger partial charge in [-0.15, -0.1) is 0 Å². The summed E-state index contributed by atoms with van der Waals surface area (Å²) in [5.74, 6) is 1.75. The standard InChI is InChI=1S/C21H27N3O2/c1-26-19-10-7-16(8-11-19)13-14-22-18-9-12-20(23-15-18)24-21(25)17-5-3-2-4-6-17/h7-12,15,17,22H,2-6,13-14H2,1H3,(H,23,24,25). The highest BCUT2D eigenvalue weighted by atomic mass is 16.5. The van der Waals surface area contributed by atoms with Gasteiger partial charge in [0.15, 0.2) is 0 Å². The number of anilines is 2. The molecule has 0 aliphatic heterocycles. The molecule has 5 heteroatoms. The highest BCUT2D eigenvalue weighted by Crippen LogP contribution is 2.24. The van der Waals surface area contributed by atoms with Gasteiger partial charge < -0.3 is 15.4 Å². The number of methoxy groups -OCH3 is 1. The second kappa shape index (κ2) is 9.22. The molecular weight excluding hydrogens is 326 g/mol. The zero-order valence-corrected chi connectivity index (χ0v) is 15.3. The second-order valence-electron chi connectivity index (χ2n) is 6.78. The van der Waals surface area contributed by atoms with E-state index in [-0.39, 0.29) is 11.8 Å². The Kier molecular flexibility index (Phi) is 6.47. The molecule has 1 fully saturated rings. The van der Waals surface area contributed by atoms with E-state index in [9.17, 15) is 4.79 Å². The van der Waals surface area contributed by atoms with Crippen molar-refractivity contribution in [3.05, 3.63) is 48.2 Å². The van der Waals surface area contributed by atoms with E-state index in [1.807, 2.05) is 24.3 Å². The molecule has 1 heterocycles. The Hall–Kier alpha value is -2.56. The van der Waals surface area contributed by atoms with Crippen molar-refractivity contribution in [1.29, 1.82) is 0 Å². The SMILES string of the molecule is COc1ccc(CCNc2ccc(NC(=O)C3CCCCC3)nc2)cc1. The van der Waals surface area contributed by atoms with Crippen LogP contribution in [-0.2, 0) is 11.2 Å². The molecule has 0 radical (unpaired) electrons. The highest BCUT2D eigenvalue weighted by Gasteiger charge is 2.21. The van der Waals surface area contributed by atoms with Gasteiger partial charge in [-0.3, -0.25) is 4.79 Å². The molecule has 1 aromatic carbocycles. The van der Waals surface area contributed by atoms with Gasteiger partial charge >= 0.3 is 0 Å². The first kappa shape index (κ1) is 18.2. The lowest BCUT2D eigenvalue weighted by molar-refractivity contribution is -0.120. The number of hydrogen-bond acceptors (Lipinski definition) is 4. The highest BCUT2D eigenvalue weighted by molar-refractivity contribution is 5.91. The Balaban J connectivity index is 1.44. The lowest BCUT2D eigenvalue weighted by atomic mass is 9.89. The molecule has 0 unspecified atom stereocenters. The van der Waals surface area contributed by atoms with Crippen molar-refractivity contribution in [2.75, 3.05) is 24.3 Å². The van der Waals surface area contributed by atoms with Gasteiger partial charge in [-0.1, -0.05) is 31.4 Å². The normalized spacial score (nSPS) is 14.7. The fraction of sp³-hybridized carbons (Fsp3) is 0.429. The van der Waals surface area contributed by atoms with Crippen molar-refractivity contribution in [1.82, 2.24) is 4.98 Å². The number of rotatable bonds is 7. The summed E-state index contributed by atoms with van der Waals surface area (Å²) in [4.78, 5) is 16.6. The Morgan fingerprint density at radius 1 is 1.12 bits per heavy atom. The number of nitrogens with zero attached hydrogens (tertiary/aromatic N) is 1. The van der Waals surface area contributed by atoms with E-state index in [0.717, 1.165) is 50.1 Å². The average molecular weight is 353 g/mol. The Morgan fingerprint density at radius 3 is 2.54 bits per heavy atom. The molecule has 5 nitrogen and oxygen atoms in total. The fourth-order valence-corrected chi connectivity index (χ4v) is 3.31. The van der Waals surface area contributed by atoms with Gasteiger partial charge in [0.05, 0.1) is 19.0 Å². The van der Waals surface area contributed by atoms with Crippen molar-refractivity contribution >= 4 is 17.4 Å². The van der Waals surface area contributed by atoms with Crippen LogP contribution in [0, 0.1) is 5.92 Å². The Bertz CT molecular complexity index is 692. The summed E-state index contributed by atoms with van der Waals surface area (Å²) in [6.45, 7) is 0.821. The number of nitrogens with one attached hydrogen (secondary N) is 2. The minimum absolute atomic E-state index is 0.109. The van der Waals surface area contributed by atoms with Crippen LogP contribution in [0.2, 0.25) is 0 Å². The first-order valence-corrected chi connectivity index (χ1v) is 9.38. The van der Waals surface area contributed by atoms with Gasteiger partial charge in [-0.25, -0.2) is 4.98 Å². The molecule has 2 aromatic rings. The second-order valence-corrected chi connectivity index (χ2v) is 6.78. The van der Waals surface area contributed by atoms with Crippen molar-refractivity contribution in [2.45, 2.75) is 38.5 Å². The van der Waals surface area contributed by atoms with E-state index in [0.29, 0.717) is 5.82 Å². The molecule has 1 aliphatic rings. The zero-order valence-electron chi connectivity index (χ0n) is 15.3. The topological polar surface area (TPSA) is 63.2 Å². The van der Waals surface area contributed by atoms with Crippen LogP contribution in [0.3, 0.4) is 0 Å². The van der Waals surface area contributed by atoms with Crippen LogP contribution in [0.4, 0.5) is 11.5 Å². The average Bonchev–Trinajstić information content (AvgIpc) is 2.70. The van der Waals surface area contributed by atoms with Crippen LogP contribution in [0.1, 0.15) is 37.7 Å². The number of hydrogen-bond donors (Lipinski definition) is 2. The summed E-state index contributed by atoms with van der Waals surface area (Å²) in [6, 6.07) is 11.9. The van der Waals surface area contributed by atoms with Crippen LogP contribution in [-0.4, -0.2) is 24.5 Å². The number of ether oxygens (including phenoxy) is 1. The van der Waals surface area contributed by atoms with Gasteiger partial charge in [0.2, 0.25) is 5.91 Å². The maximum atomic E-state index is 12.3.